The Morgan fingerprint density at radius 3 is 2.76 bits per heavy atom. The zero-order valence-electron chi connectivity index (χ0n) is 15.8. The zero-order valence-corrected chi connectivity index (χ0v) is 17.5. The summed E-state index contributed by atoms with van der Waals surface area (Å²) in [5.41, 5.74) is 2.67. The number of hydrogen-bond acceptors (Lipinski definition) is 6. The van der Waals surface area contributed by atoms with Crippen LogP contribution < -0.4 is 0 Å². The number of halogens is 1. The molecule has 1 aliphatic carbocycles. The Kier molecular flexibility index (Phi) is 4.97. The molecule has 0 radical (unpaired) electrons. The van der Waals surface area contributed by atoms with E-state index in [4.69, 9.17) is 4.52 Å². The second kappa shape index (κ2) is 7.76. The highest BCUT2D eigenvalue weighted by atomic mass is 32.2. The topological polar surface area (TPSA) is 56.7 Å². The summed E-state index contributed by atoms with van der Waals surface area (Å²) in [6.45, 7) is 1.99. The van der Waals surface area contributed by atoms with Crippen LogP contribution in [0.25, 0.3) is 11.3 Å². The summed E-state index contributed by atoms with van der Waals surface area (Å²) in [5.74, 6) is 2.10. The maximum atomic E-state index is 13.2. The third-order valence-electron chi connectivity index (χ3n) is 5.02. The van der Waals surface area contributed by atoms with Gasteiger partial charge in [0.25, 0.3) is 0 Å². The molecule has 148 valence electrons. The van der Waals surface area contributed by atoms with Crippen molar-refractivity contribution in [2.45, 2.75) is 43.1 Å². The molecule has 0 amide bonds. The number of benzene rings is 1. The van der Waals surface area contributed by atoms with Crippen molar-refractivity contribution in [1.82, 2.24) is 19.9 Å². The van der Waals surface area contributed by atoms with E-state index in [0.717, 1.165) is 34.2 Å². The number of rotatable bonds is 7. The van der Waals surface area contributed by atoms with E-state index in [0.29, 0.717) is 17.6 Å². The molecule has 0 N–H and O–H groups in total. The van der Waals surface area contributed by atoms with Gasteiger partial charge in [0, 0.05) is 34.2 Å². The van der Waals surface area contributed by atoms with Gasteiger partial charge in [-0.3, -0.25) is 0 Å². The monoisotopic (exact) mass is 426 g/mol. The second-order valence-corrected chi connectivity index (χ2v) is 9.11. The second-order valence-electron chi connectivity index (χ2n) is 7.14. The Labute approximate surface area is 176 Å². The highest BCUT2D eigenvalue weighted by Crippen LogP contribution is 2.40. The summed E-state index contributed by atoms with van der Waals surface area (Å²) >= 11 is 3.39. The molecule has 3 heterocycles. The Balaban J connectivity index is 1.34. The van der Waals surface area contributed by atoms with E-state index in [9.17, 15) is 4.39 Å². The van der Waals surface area contributed by atoms with Crippen molar-refractivity contribution < 1.29 is 8.91 Å². The largest absolute Gasteiger partial charge is 0.356 e. The van der Waals surface area contributed by atoms with E-state index in [2.05, 4.69) is 37.4 Å². The van der Waals surface area contributed by atoms with Gasteiger partial charge in [-0.05, 0) is 55.5 Å². The minimum atomic E-state index is -0.264. The lowest BCUT2D eigenvalue weighted by Gasteiger charge is -2.07. The average molecular weight is 427 g/mol. The van der Waals surface area contributed by atoms with Crippen LogP contribution in [-0.4, -0.2) is 19.9 Å². The smallest absolute Gasteiger partial charge is 0.191 e. The van der Waals surface area contributed by atoms with Crippen LogP contribution in [0.1, 0.15) is 40.8 Å². The summed E-state index contributed by atoms with van der Waals surface area (Å²) < 4.78 is 21.0. The van der Waals surface area contributed by atoms with Gasteiger partial charge in [-0.1, -0.05) is 23.0 Å². The Morgan fingerprint density at radius 2 is 2.03 bits per heavy atom. The Bertz CT molecular complexity index is 1110. The molecule has 29 heavy (non-hydrogen) atoms. The van der Waals surface area contributed by atoms with Crippen molar-refractivity contribution in [3.63, 3.8) is 0 Å². The van der Waals surface area contributed by atoms with E-state index >= 15 is 0 Å². The number of aromatic nitrogens is 4. The molecule has 0 atom stereocenters. The van der Waals surface area contributed by atoms with Gasteiger partial charge in [-0.25, -0.2) is 4.39 Å². The number of thioether (sulfide) groups is 1. The lowest BCUT2D eigenvalue weighted by atomic mass is 10.1. The van der Waals surface area contributed by atoms with E-state index in [1.807, 2.05) is 6.92 Å². The van der Waals surface area contributed by atoms with E-state index in [-0.39, 0.29) is 5.82 Å². The quantitative estimate of drug-likeness (QED) is 0.357. The van der Waals surface area contributed by atoms with Crippen LogP contribution in [0.2, 0.25) is 0 Å². The first-order chi connectivity index (χ1) is 14.2. The van der Waals surface area contributed by atoms with E-state index in [1.165, 1.54) is 29.9 Å². The lowest BCUT2D eigenvalue weighted by Crippen LogP contribution is -2.03. The van der Waals surface area contributed by atoms with Gasteiger partial charge < -0.3 is 9.09 Å². The number of nitrogens with zero attached hydrogens (tertiary/aromatic N) is 4. The Hall–Kier alpha value is -2.45. The fourth-order valence-corrected chi connectivity index (χ4v) is 5.03. The fourth-order valence-electron chi connectivity index (χ4n) is 3.30. The average Bonchev–Trinajstić information content (AvgIpc) is 3.11. The predicted molar refractivity (Wildman–Crippen MR) is 112 cm³/mol. The first-order valence-electron chi connectivity index (χ1n) is 9.49. The van der Waals surface area contributed by atoms with Crippen LogP contribution in [0, 0.1) is 12.7 Å². The van der Waals surface area contributed by atoms with Crippen molar-refractivity contribution in [1.29, 1.82) is 0 Å². The summed E-state index contributed by atoms with van der Waals surface area (Å²) in [6, 6.07) is 11.0. The maximum Gasteiger partial charge on any atom is 0.191 e. The third kappa shape index (κ3) is 3.86. The van der Waals surface area contributed by atoms with Gasteiger partial charge in [-0.15, -0.1) is 21.5 Å². The van der Waals surface area contributed by atoms with Crippen molar-refractivity contribution in [3.8, 4) is 11.3 Å². The predicted octanol–water partition coefficient (Wildman–Crippen LogP) is 5.66. The first kappa shape index (κ1) is 18.6. The summed E-state index contributed by atoms with van der Waals surface area (Å²) in [7, 11) is 0. The minimum Gasteiger partial charge on any atom is -0.356 e. The molecule has 1 aromatic carbocycles. The minimum absolute atomic E-state index is 0.264. The van der Waals surface area contributed by atoms with Crippen LogP contribution in [-0.2, 0) is 12.2 Å². The van der Waals surface area contributed by atoms with Gasteiger partial charge in [-0.2, -0.15) is 0 Å². The highest BCUT2D eigenvalue weighted by Gasteiger charge is 2.30. The lowest BCUT2D eigenvalue weighted by molar-refractivity contribution is 0.426. The van der Waals surface area contributed by atoms with Gasteiger partial charge in [0.05, 0.1) is 5.69 Å². The van der Waals surface area contributed by atoms with E-state index in [1.54, 1.807) is 35.2 Å². The molecular weight excluding hydrogens is 407 g/mol. The Morgan fingerprint density at radius 1 is 1.21 bits per heavy atom. The molecule has 0 spiro atoms. The molecule has 3 aromatic heterocycles. The van der Waals surface area contributed by atoms with Crippen molar-refractivity contribution in [2.24, 2.45) is 0 Å². The molecule has 8 heteroatoms. The standard InChI is InChI=1S/C21H19FN4OS2/c1-13-18(25-27-20(13)14-4-6-15(22)7-5-14)12-29-21-24-23-19(26(21)16-8-9-16)11-17-3-2-10-28-17/h2-7,10,16H,8-9,11-12H2,1H3. The van der Waals surface area contributed by atoms with Crippen LogP contribution in [0.3, 0.4) is 0 Å². The molecule has 1 aliphatic rings. The van der Waals surface area contributed by atoms with Crippen molar-refractivity contribution >= 4 is 23.1 Å². The summed E-state index contributed by atoms with van der Waals surface area (Å²) in [5, 5.41) is 16.2. The van der Waals surface area contributed by atoms with E-state index < -0.39 is 0 Å². The van der Waals surface area contributed by atoms with Crippen LogP contribution >= 0.6 is 23.1 Å². The summed E-state index contributed by atoms with van der Waals surface area (Å²) in [6.07, 6.45) is 3.18. The molecule has 5 nitrogen and oxygen atoms in total. The molecule has 0 bridgehead atoms. The third-order valence-corrected chi connectivity index (χ3v) is 6.86. The van der Waals surface area contributed by atoms with Gasteiger partial charge in [0.15, 0.2) is 10.9 Å². The molecule has 1 fully saturated rings. The normalized spacial score (nSPS) is 13.9. The SMILES string of the molecule is Cc1c(CSc2nnc(Cc3cccs3)n2C2CC2)noc1-c1ccc(F)cc1. The molecule has 0 saturated heterocycles. The van der Waals surface area contributed by atoms with Gasteiger partial charge in [0.2, 0.25) is 0 Å². The summed E-state index contributed by atoms with van der Waals surface area (Å²) in [4.78, 5) is 1.30. The van der Waals surface area contributed by atoms with Crippen LogP contribution in [0.5, 0.6) is 0 Å². The van der Waals surface area contributed by atoms with Gasteiger partial charge >= 0.3 is 0 Å². The molecule has 5 rings (SSSR count). The first-order valence-corrected chi connectivity index (χ1v) is 11.4. The maximum absolute atomic E-state index is 13.2. The molecule has 4 aromatic rings. The van der Waals surface area contributed by atoms with Crippen molar-refractivity contribution in [2.75, 3.05) is 0 Å². The fraction of sp³-hybridized carbons (Fsp3) is 0.286. The molecule has 1 saturated carbocycles. The molecule has 0 aliphatic heterocycles. The molecular formula is C21H19FN4OS2. The van der Waals surface area contributed by atoms with Crippen LogP contribution in [0.15, 0.2) is 51.5 Å². The van der Waals surface area contributed by atoms with Crippen LogP contribution in [0.4, 0.5) is 4.39 Å². The number of hydrogen-bond donors (Lipinski definition) is 0. The van der Waals surface area contributed by atoms with Gasteiger partial charge in [0.1, 0.15) is 11.6 Å². The zero-order chi connectivity index (χ0) is 19.8. The highest BCUT2D eigenvalue weighted by molar-refractivity contribution is 7.98. The molecule has 0 unspecified atom stereocenters. The number of thiophene rings is 1. The van der Waals surface area contributed by atoms with Crippen molar-refractivity contribution in [3.05, 3.63) is 69.6 Å².